The molecule has 0 amide bonds. The molecule has 1 saturated carbocycles. The summed E-state index contributed by atoms with van der Waals surface area (Å²) in [6.07, 6.45) is 8.55. The molecule has 34 heavy (non-hydrogen) atoms. The highest BCUT2D eigenvalue weighted by Crippen LogP contribution is 2.39. The van der Waals surface area contributed by atoms with Crippen molar-refractivity contribution in [2.24, 2.45) is 5.92 Å². The number of aromatic nitrogens is 2. The first kappa shape index (κ1) is 25.4. The maximum atomic E-state index is 11.3. The van der Waals surface area contributed by atoms with Crippen molar-refractivity contribution < 1.29 is 14.6 Å². The molecule has 0 aliphatic heterocycles. The molecule has 3 N–H and O–H groups in total. The van der Waals surface area contributed by atoms with Crippen molar-refractivity contribution >= 4 is 23.3 Å². The monoisotopic (exact) mass is 465 g/mol. The van der Waals surface area contributed by atoms with E-state index in [0.717, 1.165) is 43.4 Å². The first-order valence-corrected chi connectivity index (χ1v) is 11.9. The van der Waals surface area contributed by atoms with E-state index in [-0.39, 0.29) is 24.0 Å². The molecule has 1 atom stereocenters. The largest absolute Gasteiger partial charge is 0.481 e. The molecule has 0 bridgehead atoms. The van der Waals surface area contributed by atoms with Gasteiger partial charge in [0.15, 0.2) is 0 Å². The number of pyridine rings is 2. The quantitative estimate of drug-likeness (QED) is 0.423. The summed E-state index contributed by atoms with van der Waals surface area (Å²) in [5.41, 5.74) is 1.96. The van der Waals surface area contributed by atoms with Gasteiger partial charge in [0.25, 0.3) is 0 Å². The smallest absolute Gasteiger partial charge is 0.303 e. The fraction of sp³-hybridized carbons (Fsp3) is 0.538. The lowest BCUT2D eigenvalue weighted by molar-refractivity contribution is -0.137. The zero-order valence-electron chi connectivity index (χ0n) is 20.5. The lowest BCUT2D eigenvalue weighted by atomic mass is 9.75. The molecule has 182 valence electrons. The second-order valence-corrected chi connectivity index (χ2v) is 9.77. The fourth-order valence-electron chi connectivity index (χ4n) is 4.79. The molecule has 1 aliphatic rings. The second kappa shape index (κ2) is 11.3. The molecule has 0 saturated heterocycles. The molecule has 2 aromatic heterocycles. The number of carboxylic acid groups (broad SMARTS) is 1. The minimum absolute atomic E-state index is 0.0265. The molecule has 8 nitrogen and oxygen atoms in total. The Bertz CT molecular complexity index is 1010. The van der Waals surface area contributed by atoms with Crippen LogP contribution in [-0.2, 0) is 9.53 Å². The first-order chi connectivity index (χ1) is 16.2. The molecule has 3 rings (SSSR count). The molecule has 2 heterocycles. The molecular formula is C26H35N5O3. The summed E-state index contributed by atoms with van der Waals surface area (Å²) in [6, 6.07) is 7.49. The van der Waals surface area contributed by atoms with Crippen LogP contribution in [0.2, 0.25) is 0 Å². The Morgan fingerprint density at radius 3 is 2.56 bits per heavy atom. The van der Waals surface area contributed by atoms with Crippen LogP contribution >= 0.6 is 0 Å². The van der Waals surface area contributed by atoms with Gasteiger partial charge in [-0.05, 0) is 67.7 Å². The van der Waals surface area contributed by atoms with E-state index in [1.165, 1.54) is 6.20 Å². The van der Waals surface area contributed by atoms with Gasteiger partial charge >= 0.3 is 5.97 Å². The molecule has 0 unspecified atom stereocenters. The van der Waals surface area contributed by atoms with E-state index in [1.807, 2.05) is 13.0 Å². The highest BCUT2D eigenvalue weighted by atomic mass is 16.5. The van der Waals surface area contributed by atoms with Gasteiger partial charge in [0, 0.05) is 25.0 Å². The van der Waals surface area contributed by atoms with Crippen LogP contribution in [0.4, 0.5) is 17.3 Å². The number of methoxy groups -OCH3 is 1. The van der Waals surface area contributed by atoms with Crippen molar-refractivity contribution in [3.05, 3.63) is 41.7 Å². The van der Waals surface area contributed by atoms with Gasteiger partial charge in [-0.25, -0.2) is 9.97 Å². The Kier molecular flexibility index (Phi) is 8.46. The number of ether oxygens (including phenoxy) is 1. The zero-order valence-corrected chi connectivity index (χ0v) is 20.5. The van der Waals surface area contributed by atoms with Crippen molar-refractivity contribution in [2.75, 3.05) is 17.7 Å². The average Bonchev–Trinajstić information content (AvgIpc) is 2.80. The van der Waals surface area contributed by atoms with Gasteiger partial charge in [-0.1, -0.05) is 20.8 Å². The molecule has 2 aromatic rings. The van der Waals surface area contributed by atoms with Crippen molar-refractivity contribution in [3.8, 4) is 6.07 Å². The Balaban J connectivity index is 1.94. The molecule has 0 aromatic carbocycles. The number of carbonyl (C=O) groups is 1. The van der Waals surface area contributed by atoms with Gasteiger partial charge < -0.3 is 20.5 Å². The van der Waals surface area contributed by atoms with Crippen LogP contribution in [0.15, 0.2) is 30.6 Å². The summed E-state index contributed by atoms with van der Waals surface area (Å²) in [6.45, 7) is 6.35. The maximum Gasteiger partial charge on any atom is 0.303 e. The van der Waals surface area contributed by atoms with Gasteiger partial charge in [-0.15, -0.1) is 0 Å². The summed E-state index contributed by atoms with van der Waals surface area (Å²) >= 11 is 0. The van der Waals surface area contributed by atoms with Gasteiger partial charge in [-0.3, -0.25) is 4.79 Å². The lowest BCUT2D eigenvalue weighted by Crippen LogP contribution is -2.44. The number of nitrogens with one attached hydrogen (secondary N) is 2. The molecule has 0 radical (unpaired) electrons. The number of anilines is 3. The number of nitriles is 1. The van der Waals surface area contributed by atoms with Gasteiger partial charge in [0.1, 0.15) is 17.7 Å². The average molecular weight is 466 g/mol. The van der Waals surface area contributed by atoms with Crippen LogP contribution in [-0.4, -0.2) is 39.8 Å². The second-order valence-electron chi connectivity index (χ2n) is 9.77. The predicted molar refractivity (Wildman–Crippen MR) is 132 cm³/mol. The van der Waals surface area contributed by atoms with Gasteiger partial charge in [-0.2, -0.15) is 5.26 Å². The van der Waals surface area contributed by atoms with Crippen LogP contribution in [0.25, 0.3) is 0 Å². The van der Waals surface area contributed by atoms with E-state index in [2.05, 4.69) is 35.5 Å². The fourth-order valence-corrected chi connectivity index (χ4v) is 4.79. The van der Waals surface area contributed by atoms with Crippen molar-refractivity contribution in [2.45, 2.75) is 76.9 Å². The highest BCUT2D eigenvalue weighted by Gasteiger charge is 2.36. The summed E-state index contributed by atoms with van der Waals surface area (Å²) in [7, 11) is 1.78. The third kappa shape index (κ3) is 6.67. The van der Waals surface area contributed by atoms with Gasteiger partial charge in [0.05, 0.1) is 23.8 Å². The summed E-state index contributed by atoms with van der Waals surface area (Å²) < 4.78 is 5.60. The molecule has 1 fully saturated rings. The van der Waals surface area contributed by atoms with E-state index in [4.69, 9.17) is 15.0 Å². The summed E-state index contributed by atoms with van der Waals surface area (Å²) in [5, 5.41) is 25.4. The Morgan fingerprint density at radius 1 is 1.26 bits per heavy atom. The lowest BCUT2D eigenvalue weighted by Gasteiger charge is -2.42. The molecule has 8 heteroatoms. The number of rotatable bonds is 10. The van der Waals surface area contributed by atoms with E-state index in [1.54, 1.807) is 25.4 Å². The minimum Gasteiger partial charge on any atom is -0.481 e. The topological polar surface area (TPSA) is 120 Å². The highest BCUT2D eigenvalue weighted by molar-refractivity contribution is 5.72. The normalized spacial score (nSPS) is 21.0. The molecule has 0 spiro atoms. The summed E-state index contributed by atoms with van der Waals surface area (Å²) in [4.78, 5) is 20.3. The van der Waals surface area contributed by atoms with Crippen LogP contribution in [0, 0.1) is 17.2 Å². The van der Waals surface area contributed by atoms with Crippen molar-refractivity contribution in [1.29, 1.82) is 5.26 Å². The molecular weight excluding hydrogens is 430 g/mol. The number of hydrogen-bond acceptors (Lipinski definition) is 7. The standard InChI is InChI=1S/C26H35N5O3/c1-17(2)13-26(9-7-21(34-4)8-10-26)31-25-22(30-23-6-5-19(14-27)15-28-23)12-20(16-29-25)18(3)11-24(32)33/h5-6,12,15-18,21H,7-11,13H2,1-4H3,(H,28,30)(H,29,31)(H,32,33)/t18-,21?,26?/m1/s1. The maximum absolute atomic E-state index is 11.3. The Hall–Kier alpha value is -3.18. The SMILES string of the molecule is COC1CCC(CC(C)C)(Nc2ncc([C@H](C)CC(=O)O)cc2Nc2ccc(C#N)cn2)CC1. The summed E-state index contributed by atoms with van der Waals surface area (Å²) in [5.74, 6) is 0.791. The van der Waals surface area contributed by atoms with E-state index in [9.17, 15) is 9.90 Å². The predicted octanol–water partition coefficient (Wildman–Crippen LogP) is 5.46. The van der Waals surface area contributed by atoms with E-state index < -0.39 is 5.97 Å². The third-order valence-electron chi connectivity index (χ3n) is 6.52. The van der Waals surface area contributed by atoms with Crippen LogP contribution < -0.4 is 10.6 Å². The van der Waals surface area contributed by atoms with E-state index >= 15 is 0 Å². The molecule has 1 aliphatic carbocycles. The van der Waals surface area contributed by atoms with Crippen LogP contribution in [0.3, 0.4) is 0 Å². The number of carboxylic acids is 1. The van der Waals surface area contributed by atoms with Crippen LogP contribution in [0.1, 0.15) is 76.3 Å². The first-order valence-electron chi connectivity index (χ1n) is 11.9. The Labute approximate surface area is 201 Å². The van der Waals surface area contributed by atoms with Gasteiger partial charge in [0.2, 0.25) is 0 Å². The van der Waals surface area contributed by atoms with Crippen LogP contribution in [0.5, 0.6) is 0 Å². The number of nitrogens with zero attached hydrogens (tertiary/aromatic N) is 3. The minimum atomic E-state index is -0.844. The Morgan fingerprint density at radius 2 is 2.00 bits per heavy atom. The van der Waals surface area contributed by atoms with Crippen molar-refractivity contribution in [1.82, 2.24) is 9.97 Å². The third-order valence-corrected chi connectivity index (χ3v) is 6.52. The number of hydrogen-bond donors (Lipinski definition) is 3. The number of aliphatic carboxylic acids is 1. The zero-order chi connectivity index (χ0) is 24.7. The van der Waals surface area contributed by atoms with Crippen molar-refractivity contribution in [3.63, 3.8) is 0 Å². The van der Waals surface area contributed by atoms with E-state index in [0.29, 0.717) is 23.1 Å².